The molecule has 0 fully saturated rings. The fourth-order valence-electron chi connectivity index (χ4n) is 3.09. The molecule has 0 N–H and O–H groups in total. The lowest BCUT2D eigenvalue weighted by molar-refractivity contribution is 0.101. The molecule has 0 spiro atoms. The van der Waals surface area contributed by atoms with E-state index in [0.29, 0.717) is 23.5 Å². The van der Waals surface area contributed by atoms with E-state index in [2.05, 4.69) is 39.6 Å². The van der Waals surface area contributed by atoms with Gasteiger partial charge in [0.1, 0.15) is 5.00 Å². The second-order valence-electron chi connectivity index (χ2n) is 8.19. The molecule has 0 aliphatic heterocycles. The third-order valence-electron chi connectivity index (χ3n) is 5.89. The van der Waals surface area contributed by atoms with Crippen LogP contribution < -0.4 is 0 Å². The highest BCUT2D eigenvalue weighted by atomic mass is 32.1. The lowest BCUT2D eigenvalue weighted by atomic mass is 9.76. The highest BCUT2D eigenvalue weighted by molar-refractivity contribution is 7.14. The maximum atomic E-state index is 11.6. The van der Waals surface area contributed by atoms with Gasteiger partial charge in [0.25, 0.3) is 0 Å². The van der Waals surface area contributed by atoms with Crippen molar-refractivity contribution < 1.29 is 9.53 Å². The Bertz CT molecular complexity index is 597. The minimum atomic E-state index is 0.0489. The number of carbonyl (C=O) groups is 1. The molecule has 0 aliphatic rings. The topological polar surface area (TPSA) is 38.7 Å². The lowest BCUT2D eigenvalue weighted by Gasteiger charge is -2.33. The number of aliphatic imine (C=N–C) groups is 1. The molecule has 0 saturated heterocycles. The minimum Gasteiger partial charge on any atom is -0.480 e. The summed E-state index contributed by atoms with van der Waals surface area (Å²) in [5, 5.41) is 2.65. The van der Waals surface area contributed by atoms with Crippen LogP contribution in [0.15, 0.2) is 16.4 Å². The number of ketones is 1. The standard InChI is InChI=1S/C22H37NO2S/c1-8-21(6,7)13-11-14-22(9-2,10-3)16-25-18(5)23-20-19(17(4)24)12-15-26-20/h12,15H,8-11,13-14,16H2,1-7H3/b23-18+. The summed E-state index contributed by atoms with van der Waals surface area (Å²) in [6.07, 6.45) is 7.13. The highest BCUT2D eigenvalue weighted by Crippen LogP contribution is 2.36. The van der Waals surface area contributed by atoms with Gasteiger partial charge in [-0.15, -0.1) is 11.3 Å². The van der Waals surface area contributed by atoms with Gasteiger partial charge in [0.05, 0.1) is 12.2 Å². The van der Waals surface area contributed by atoms with E-state index in [4.69, 9.17) is 4.74 Å². The summed E-state index contributed by atoms with van der Waals surface area (Å²) in [6.45, 7) is 15.7. The SMILES string of the molecule is CCC(C)(C)CCCC(CC)(CC)CO/C(C)=N/c1sccc1C(C)=O. The number of thiophene rings is 1. The maximum Gasteiger partial charge on any atom is 0.185 e. The lowest BCUT2D eigenvalue weighted by Crippen LogP contribution is -2.27. The van der Waals surface area contributed by atoms with Gasteiger partial charge in [-0.1, -0.05) is 47.5 Å². The molecule has 4 heteroatoms. The Kier molecular flexibility index (Phi) is 9.02. The van der Waals surface area contributed by atoms with Crippen LogP contribution in [0.1, 0.15) is 97.3 Å². The van der Waals surface area contributed by atoms with Crippen LogP contribution in [0.3, 0.4) is 0 Å². The molecule has 26 heavy (non-hydrogen) atoms. The molecular weight excluding hydrogens is 342 g/mol. The Hall–Kier alpha value is -1.16. The Morgan fingerprint density at radius 3 is 2.31 bits per heavy atom. The molecule has 1 aromatic rings. The van der Waals surface area contributed by atoms with Gasteiger partial charge in [-0.25, -0.2) is 4.99 Å². The normalized spacial score (nSPS) is 13.1. The molecule has 1 aromatic heterocycles. The van der Waals surface area contributed by atoms with Crippen LogP contribution in [0.4, 0.5) is 5.00 Å². The zero-order valence-electron chi connectivity index (χ0n) is 17.8. The second-order valence-corrected chi connectivity index (χ2v) is 9.09. The third-order valence-corrected chi connectivity index (χ3v) is 6.69. The largest absolute Gasteiger partial charge is 0.480 e. The Balaban J connectivity index is 2.70. The Morgan fingerprint density at radius 2 is 1.77 bits per heavy atom. The van der Waals surface area contributed by atoms with Crippen LogP contribution in [-0.2, 0) is 4.74 Å². The van der Waals surface area contributed by atoms with Crippen LogP contribution in [0.2, 0.25) is 0 Å². The van der Waals surface area contributed by atoms with Crippen LogP contribution in [0, 0.1) is 10.8 Å². The monoisotopic (exact) mass is 379 g/mol. The van der Waals surface area contributed by atoms with E-state index in [-0.39, 0.29) is 11.2 Å². The molecule has 0 bridgehead atoms. The van der Waals surface area contributed by atoms with Gasteiger partial charge < -0.3 is 4.74 Å². The number of hydrogen-bond donors (Lipinski definition) is 0. The molecule has 1 rings (SSSR count). The van der Waals surface area contributed by atoms with E-state index in [1.54, 1.807) is 6.92 Å². The average molecular weight is 380 g/mol. The smallest absolute Gasteiger partial charge is 0.185 e. The fraction of sp³-hybridized carbons (Fsp3) is 0.727. The summed E-state index contributed by atoms with van der Waals surface area (Å²) in [6, 6.07) is 1.83. The molecule has 0 unspecified atom stereocenters. The van der Waals surface area contributed by atoms with Gasteiger partial charge >= 0.3 is 0 Å². The van der Waals surface area contributed by atoms with Crippen LogP contribution >= 0.6 is 11.3 Å². The fourth-order valence-corrected chi connectivity index (χ4v) is 3.94. The van der Waals surface area contributed by atoms with Crippen molar-refractivity contribution in [1.82, 2.24) is 0 Å². The van der Waals surface area contributed by atoms with E-state index < -0.39 is 0 Å². The molecule has 0 saturated carbocycles. The molecule has 148 valence electrons. The van der Waals surface area contributed by atoms with Gasteiger partial charge in [0, 0.05) is 12.3 Å². The van der Waals surface area contributed by atoms with E-state index in [1.165, 1.54) is 37.0 Å². The van der Waals surface area contributed by atoms with Crippen molar-refractivity contribution in [3.63, 3.8) is 0 Å². The summed E-state index contributed by atoms with van der Waals surface area (Å²) in [4.78, 5) is 16.2. The first-order chi connectivity index (χ1) is 12.2. The average Bonchev–Trinajstić information content (AvgIpc) is 3.06. The van der Waals surface area contributed by atoms with Crippen molar-refractivity contribution in [3.05, 3.63) is 17.0 Å². The van der Waals surface area contributed by atoms with Crippen LogP contribution in [-0.4, -0.2) is 18.3 Å². The second kappa shape index (κ2) is 10.2. The molecule has 1 heterocycles. The number of hydrogen-bond acceptors (Lipinski definition) is 4. The first kappa shape index (κ1) is 22.9. The summed E-state index contributed by atoms with van der Waals surface area (Å²) < 4.78 is 6.05. The third kappa shape index (κ3) is 6.86. The van der Waals surface area contributed by atoms with Crippen LogP contribution in [0.5, 0.6) is 0 Å². The van der Waals surface area contributed by atoms with Gasteiger partial charge in [-0.05, 0) is 49.5 Å². The predicted molar refractivity (Wildman–Crippen MR) is 114 cm³/mol. The van der Waals surface area contributed by atoms with Crippen molar-refractivity contribution in [2.75, 3.05) is 6.61 Å². The Labute approximate surface area is 164 Å². The van der Waals surface area contributed by atoms with Gasteiger partial charge in [0.2, 0.25) is 0 Å². The number of Topliss-reactive ketones (excluding diaryl/α,β-unsaturated/α-hetero) is 1. The molecule has 0 aliphatic carbocycles. The molecule has 0 radical (unpaired) electrons. The number of nitrogens with zero attached hydrogens (tertiary/aromatic N) is 1. The molecular formula is C22H37NO2S. The van der Waals surface area contributed by atoms with Crippen molar-refractivity contribution >= 4 is 28.0 Å². The van der Waals surface area contributed by atoms with E-state index in [0.717, 1.165) is 17.8 Å². The predicted octanol–water partition coefficient (Wildman–Crippen LogP) is 7.43. The molecule has 0 atom stereocenters. The first-order valence-electron chi connectivity index (χ1n) is 9.95. The maximum absolute atomic E-state index is 11.6. The van der Waals surface area contributed by atoms with E-state index >= 15 is 0 Å². The number of ether oxygens (including phenoxy) is 1. The quantitative estimate of drug-likeness (QED) is 0.228. The van der Waals surface area contributed by atoms with Gasteiger partial charge in [0.15, 0.2) is 11.7 Å². The highest BCUT2D eigenvalue weighted by Gasteiger charge is 2.28. The molecule has 0 aromatic carbocycles. The van der Waals surface area contributed by atoms with E-state index in [9.17, 15) is 4.79 Å². The number of rotatable bonds is 11. The first-order valence-corrected chi connectivity index (χ1v) is 10.8. The molecule has 0 amide bonds. The van der Waals surface area contributed by atoms with Gasteiger partial charge in [-0.2, -0.15) is 0 Å². The van der Waals surface area contributed by atoms with Crippen molar-refractivity contribution in [2.24, 2.45) is 15.8 Å². The summed E-state index contributed by atoms with van der Waals surface area (Å²) >= 11 is 1.48. The molecule has 3 nitrogen and oxygen atoms in total. The number of carbonyl (C=O) groups excluding carboxylic acids is 1. The summed E-state index contributed by atoms with van der Waals surface area (Å²) in [5.41, 5.74) is 1.31. The summed E-state index contributed by atoms with van der Waals surface area (Å²) in [5.74, 6) is 0.697. The Morgan fingerprint density at radius 1 is 1.12 bits per heavy atom. The zero-order valence-corrected chi connectivity index (χ0v) is 18.6. The van der Waals surface area contributed by atoms with Crippen molar-refractivity contribution in [3.8, 4) is 0 Å². The van der Waals surface area contributed by atoms with Crippen LogP contribution in [0.25, 0.3) is 0 Å². The zero-order chi connectivity index (χ0) is 19.8. The summed E-state index contributed by atoms with van der Waals surface area (Å²) in [7, 11) is 0. The van der Waals surface area contributed by atoms with E-state index in [1.807, 2.05) is 18.4 Å². The van der Waals surface area contributed by atoms with Crippen molar-refractivity contribution in [2.45, 2.75) is 87.0 Å². The minimum absolute atomic E-state index is 0.0489. The van der Waals surface area contributed by atoms with Crippen molar-refractivity contribution in [1.29, 1.82) is 0 Å². The van der Waals surface area contributed by atoms with Gasteiger partial charge in [-0.3, -0.25) is 4.79 Å².